The molecule has 24 heavy (non-hydrogen) atoms. The average Bonchev–Trinajstić information content (AvgIpc) is 2.41. The van der Waals surface area contributed by atoms with E-state index in [4.69, 9.17) is 16.3 Å². The van der Waals surface area contributed by atoms with Crippen LogP contribution in [0.5, 0.6) is 0 Å². The third-order valence-corrected chi connectivity index (χ3v) is 4.31. The first-order chi connectivity index (χ1) is 10.9. The summed E-state index contributed by atoms with van der Waals surface area (Å²) in [6.07, 6.45) is 2.44. The third-order valence-electron chi connectivity index (χ3n) is 4.10. The maximum atomic E-state index is 12.7. The van der Waals surface area contributed by atoms with Crippen molar-refractivity contribution in [1.82, 2.24) is 9.88 Å². The fourth-order valence-corrected chi connectivity index (χ4v) is 3.03. The molecule has 1 amide bonds. The normalized spacial score (nSPS) is 18.3. The third kappa shape index (κ3) is 5.37. The first-order valence-electron chi connectivity index (χ1n) is 8.58. The maximum absolute atomic E-state index is 12.7. The summed E-state index contributed by atoms with van der Waals surface area (Å²) in [6, 6.07) is 3.84. The fourth-order valence-electron chi connectivity index (χ4n) is 2.86. The molecule has 1 atom stereocenters. The summed E-state index contributed by atoms with van der Waals surface area (Å²) >= 11 is 6.04. The number of aromatic nitrogens is 1. The Balaban J connectivity index is 2.23. The Morgan fingerprint density at radius 2 is 1.96 bits per heavy atom. The summed E-state index contributed by atoms with van der Waals surface area (Å²) in [7, 11) is 0. The number of ether oxygens (including phenoxy) is 1. The van der Waals surface area contributed by atoms with Crippen LogP contribution < -0.4 is 0 Å². The molecule has 1 aromatic rings. The van der Waals surface area contributed by atoms with Crippen molar-refractivity contribution in [3.8, 4) is 0 Å². The Bertz CT molecular complexity index is 602. The largest absolute Gasteiger partial charge is 0.444 e. The van der Waals surface area contributed by atoms with Crippen molar-refractivity contribution >= 4 is 17.7 Å². The molecular weight excluding hydrogens is 324 g/mol. The zero-order chi connectivity index (χ0) is 18.1. The Kier molecular flexibility index (Phi) is 5.48. The molecule has 1 unspecified atom stereocenters. The van der Waals surface area contributed by atoms with Gasteiger partial charge in [-0.3, -0.25) is 0 Å². The average molecular weight is 353 g/mol. The molecule has 1 aliphatic rings. The summed E-state index contributed by atoms with van der Waals surface area (Å²) in [5.74, 6) is 0. The number of rotatable bonds is 2. The van der Waals surface area contributed by atoms with E-state index in [9.17, 15) is 4.79 Å². The maximum Gasteiger partial charge on any atom is 0.410 e. The molecule has 0 saturated carbocycles. The molecule has 0 saturated heterocycles. The summed E-state index contributed by atoms with van der Waals surface area (Å²) < 4.78 is 5.62. The van der Waals surface area contributed by atoms with Crippen molar-refractivity contribution in [2.24, 2.45) is 5.41 Å². The van der Waals surface area contributed by atoms with Gasteiger partial charge >= 0.3 is 6.09 Å². The van der Waals surface area contributed by atoms with E-state index in [1.807, 2.05) is 31.7 Å². The van der Waals surface area contributed by atoms with Gasteiger partial charge in [0, 0.05) is 18.2 Å². The van der Waals surface area contributed by atoms with Gasteiger partial charge in [-0.1, -0.05) is 38.4 Å². The van der Waals surface area contributed by atoms with Crippen LogP contribution >= 0.6 is 11.6 Å². The summed E-state index contributed by atoms with van der Waals surface area (Å²) in [5, 5.41) is 0.508. The van der Waals surface area contributed by atoms with Crippen LogP contribution in [-0.2, 0) is 17.7 Å². The van der Waals surface area contributed by atoms with Gasteiger partial charge in [-0.15, -0.1) is 0 Å². The number of fused-ring (bicyclic) bond motifs is 1. The minimum Gasteiger partial charge on any atom is -0.444 e. The van der Waals surface area contributed by atoms with Gasteiger partial charge in [-0.25, -0.2) is 9.78 Å². The Labute approximate surface area is 150 Å². The highest BCUT2D eigenvalue weighted by atomic mass is 35.5. The SMILES string of the molecule is CC(C)(C)CCC1Cc2nc(Cl)ccc2CN1C(=O)OC(C)(C)C. The van der Waals surface area contributed by atoms with Crippen LogP contribution in [0, 0.1) is 5.41 Å². The molecule has 2 heterocycles. The highest BCUT2D eigenvalue weighted by Gasteiger charge is 2.34. The molecule has 0 aliphatic carbocycles. The second-order valence-corrected chi connectivity index (χ2v) is 9.19. The van der Waals surface area contributed by atoms with Crippen molar-refractivity contribution in [2.45, 2.75) is 79.0 Å². The molecule has 0 N–H and O–H groups in total. The molecule has 1 aliphatic heterocycles. The van der Waals surface area contributed by atoms with Crippen LogP contribution in [0.1, 0.15) is 65.6 Å². The van der Waals surface area contributed by atoms with E-state index in [2.05, 4.69) is 25.8 Å². The van der Waals surface area contributed by atoms with Crippen molar-refractivity contribution in [3.63, 3.8) is 0 Å². The van der Waals surface area contributed by atoms with E-state index in [1.165, 1.54) is 0 Å². The van der Waals surface area contributed by atoms with Gasteiger partial charge in [-0.05, 0) is 50.7 Å². The van der Waals surface area contributed by atoms with E-state index in [-0.39, 0.29) is 17.6 Å². The lowest BCUT2D eigenvalue weighted by molar-refractivity contribution is 0.00958. The van der Waals surface area contributed by atoms with Gasteiger partial charge in [0.05, 0.1) is 6.54 Å². The predicted octanol–water partition coefficient (Wildman–Crippen LogP) is 5.22. The first kappa shape index (κ1) is 19.0. The highest BCUT2D eigenvalue weighted by Crippen LogP contribution is 2.30. The van der Waals surface area contributed by atoms with E-state index in [0.717, 1.165) is 30.5 Å². The minimum absolute atomic E-state index is 0.0949. The minimum atomic E-state index is -0.496. The van der Waals surface area contributed by atoms with Gasteiger partial charge < -0.3 is 9.64 Å². The van der Waals surface area contributed by atoms with E-state index >= 15 is 0 Å². The van der Waals surface area contributed by atoms with Crippen molar-refractivity contribution in [1.29, 1.82) is 0 Å². The van der Waals surface area contributed by atoms with Gasteiger partial charge in [0.1, 0.15) is 10.8 Å². The molecule has 5 heteroatoms. The van der Waals surface area contributed by atoms with E-state index < -0.39 is 5.60 Å². The number of halogens is 1. The zero-order valence-corrected chi connectivity index (χ0v) is 16.4. The summed E-state index contributed by atoms with van der Waals surface area (Å²) in [5.41, 5.74) is 1.78. The molecule has 0 radical (unpaired) electrons. The number of pyridine rings is 1. The fraction of sp³-hybridized carbons (Fsp3) is 0.684. The number of hydrogen-bond acceptors (Lipinski definition) is 3. The first-order valence-corrected chi connectivity index (χ1v) is 8.96. The molecule has 4 nitrogen and oxygen atoms in total. The number of nitrogens with zero attached hydrogens (tertiary/aromatic N) is 2. The van der Waals surface area contributed by atoms with Crippen LogP contribution in [0.15, 0.2) is 12.1 Å². The number of hydrogen-bond donors (Lipinski definition) is 0. The molecule has 0 aromatic carbocycles. The summed E-state index contributed by atoms with van der Waals surface area (Å²) in [6.45, 7) is 12.9. The van der Waals surface area contributed by atoms with Crippen LogP contribution in [0.3, 0.4) is 0 Å². The predicted molar refractivity (Wildman–Crippen MR) is 97.2 cm³/mol. The molecule has 134 valence electrons. The molecule has 1 aromatic heterocycles. The molecule has 2 rings (SSSR count). The quantitative estimate of drug-likeness (QED) is 0.685. The van der Waals surface area contributed by atoms with Crippen LogP contribution in [0.4, 0.5) is 4.79 Å². The van der Waals surface area contributed by atoms with Crippen LogP contribution in [0.25, 0.3) is 0 Å². The second kappa shape index (κ2) is 6.91. The lowest BCUT2D eigenvalue weighted by Crippen LogP contribution is -2.47. The Morgan fingerprint density at radius 1 is 1.29 bits per heavy atom. The zero-order valence-electron chi connectivity index (χ0n) is 15.6. The van der Waals surface area contributed by atoms with Gasteiger partial charge in [0.15, 0.2) is 0 Å². The van der Waals surface area contributed by atoms with Crippen LogP contribution in [0.2, 0.25) is 5.15 Å². The molecular formula is C19H29ClN2O2. The molecule has 0 spiro atoms. The van der Waals surface area contributed by atoms with Gasteiger partial charge in [0.2, 0.25) is 0 Å². The Morgan fingerprint density at radius 3 is 2.54 bits per heavy atom. The molecule has 0 fully saturated rings. The van der Waals surface area contributed by atoms with Gasteiger partial charge in [-0.2, -0.15) is 0 Å². The topological polar surface area (TPSA) is 42.4 Å². The number of carbonyl (C=O) groups is 1. The second-order valence-electron chi connectivity index (χ2n) is 8.81. The van der Waals surface area contributed by atoms with Crippen molar-refractivity contribution in [2.75, 3.05) is 0 Å². The smallest absolute Gasteiger partial charge is 0.410 e. The van der Waals surface area contributed by atoms with Gasteiger partial charge in [0.25, 0.3) is 0 Å². The van der Waals surface area contributed by atoms with E-state index in [1.54, 1.807) is 6.07 Å². The lowest BCUT2D eigenvalue weighted by Gasteiger charge is -2.38. The van der Waals surface area contributed by atoms with Crippen LogP contribution in [-0.4, -0.2) is 27.6 Å². The number of carbonyl (C=O) groups excluding carboxylic acids is 1. The van der Waals surface area contributed by atoms with Crippen molar-refractivity contribution in [3.05, 3.63) is 28.5 Å². The Hall–Kier alpha value is -1.29. The lowest BCUT2D eigenvalue weighted by atomic mass is 9.86. The summed E-state index contributed by atoms with van der Waals surface area (Å²) in [4.78, 5) is 19.0. The number of amides is 1. The molecule has 0 bridgehead atoms. The van der Waals surface area contributed by atoms with Crippen molar-refractivity contribution < 1.29 is 9.53 Å². The standard InChI is InChI=1S/C19H29ClN2O2/c1-18(2,3)10-9-14-11-15-13(7-8-16(20)21-15)12-22(14)17(23)24-19(4,5)6/h7-8,14H,9-12H2,1-6H3. The highest BCUT2D eigenvalue weighted by molar-refractivity contribution is 6.29. The van der Waals surface area contributed by atoms with E-state index in [0.29, 0.717) is 11.7 Å². The monoisotopic (exact) mass is 352 g/mol.